The largest absolute Gasteiger partial charge is 0.466 e. The fourth-order valence-electron chi connectivity index (χ4n) is 2.97. The van der Waals surface area contributed by atoms with E-state index in [9.17, 15) is 22.8 Å². The van der Waals surface area contributed by atoms with Crippen molar-refractivity contribution in [2.45, 2.75) is 16.0 Å². The molecule has 0 atom stereocenters. The minimum absolute atomic E-state index is 0.0257. The molecule has 2 N–H and O–H groups in total. The Morgan fingerprint density at radius 1 is 1.19 bits per heavy atom. The number of ether oxygens (including phenoxy) is 1. The number of carbonyl (C=O) groups excluding carboxylic acids is 2. The number of esters is 1. The summed E-state index contributed by atoms with van der Waals surface area (Å²) in [6.45, 7) is -0.135. The van der Waals surface area contributed by atoms with Crippen molar-refractivity contribution in [3.05, 3.63) is 65.4 Å². The summed E-state index contributed by atoms with van der Waals surface area (Å²) in [7, 11) is 1.21. The highest BCUT2D eigenvalue weighted by Crippen LogP contribution is 2.35. The minimum atomic E-state index is -4.41. The van der Waals surface area contributed by atoms with Gasteiger partial charge in [-0.1, -0.05) is 17.8 Å². The molecular weight excluding hydrogens is 433 g/mol. The van der Waals surface area contributed by atoms with Crippen LogP contribution in [0.2, 0.25) is 0 Å². The van der Waals surface area contributed by atoms with Crippen LogP contribution in [0.1, 0.15) is 5.56 Å². The molecule has 0 radical (unpaired) electrons. The molecule has 1 heterocycles. The Balaban J connectivity index is 1.75. The number of anilines is 1. The number of halogens is 3. The average molecular weight is 452 g/mol. The van der Waals surface area contributed by atoms with Gasteiger partial charge in [0.15, 0.2) is 0 Å². The van der Waals surface area contributed by atoms with Crippen LogP contribution in [-0.4, -0.2) is 48.7 Å². The zero-order valence-corrected chi connectivity index (χ0v) is 17.2. The van der Waals surface area contributed by atoms with E-state index in [1.54, 1.807) is 30.3 Å². The molecule has 10 heteroatoms. The number of hydrogen-bond acceptors (Lipinski definition) is 6. The van der Waals surface area contributed by atoms with Gasteiger partial charge in [-0.2, -0.15) is 13.2 Å². The molecule has 0 aromatic heterocycles. The highest BCUT2D eigenvalue weighted by atomic mass is 32.2. The predicted molar refractivity (Wildman–Crippen MR) is 108 cm³/mol. The molecule has 0 saturated heterocycles. The van der Waals surface area contributed by atoms with Gasteiger partial charge in [-0.25, -0.2) is 4.79 Å². The van der Waals surface area contributed by atoms with E-state index in [2.05, 4.69) is 5.32 Å². The lowest BCUT2D eigenvalue weighted by atomic mass is 10.2. The first kappa shape index (κ1) is 22.7. The van der Waals surface area contributed by atoms with Crippen LogP contribution in [0.15, 0.2) is 69.6 Å². The van der Waals surface area contributed by atoms with Gasteiger partial charge in [0.1, 0.15) is 5.70 Å². The summed E-state index contributed by atoms with van der Waals surface area (Å²) in [5, 5.41) is 12.0. The number of nitrogens with one attached hydrogen (secondary N) is 1. The fourth-order valence-corrected chi connectivity index (χ4v) is 3.85. The average Bonchev–Trinajstić information content (AvgIpc) is 3.04. The lowest BCUT2D eigenvalue weighted by Crippen LogP contribution is -2.31. The van der Waals surface area contributed by atoms with Crippen molar-refractivity contribution < 1.29 is 32.6 Å². The molecule has 6 nitrogen and oxygen atoms in total. The number of nitrogens with zero attached hydrogens (tertiary/aromatic N) is 1. The van der Waals surface area contributed by atoms with E-state index in [-0.39, 0.29) is 31.0 Å². The van der Waals surface area contributed by atoms with E-state index in [0.29, 0.717) is 15.5 Å². The number of β-amino-alcohol motifs (C(OH)–C–C–N with tert-alkyl or cyclic N) is 1. The summed E-state index contributed by atoms with van der Waals surface area (Å²) in [5.41, 5.74) is 0.0242. The molecule has 0 saturated carbocycles. The molecule has 1 aliphatic heterocycles. The van der Waals surface area contributed by atoms with Gasteiger partial charge in [0.25, 0.3) is 5.91 Å². The Kier molecular flexibility index (Phi) is 6.91. The van der Waals surface area contributed by atoms with Gasteiger partial charge in [-0.05, 0) is 42.5 Å². The zero-order chi connectivity index (χ0) is 22.6. The molecule has 1 aliphatic rings. The summed E-state index contributed by atoms with van der Waals surface area (Å²) in [4.78, 5) is 27.0. The quantitative estimate of drug-likeness (QED) is 0.626. The number of rotatable bonds is 7. The molecule has 0 spiro atoms. The van der Waals surface area contributed by atoms with Crippen LogP contribution in [-0.2, 0) is 20.5 Å². The third-order valence-electron chi connectivity index (χ3n) is 4.47. The molecular formula is C21H19F3N2O4S. The summed E-state index contributed by atoms with van der Waals surface area (Å²) < 4.78 is 43.4. The van der Waals surface area contributed by atoms with E-state index in [4.69, 9.17) is 9.84 Å². The topological polar surface area (TPSA) is 78.9 Å². The van der Waals surface area contributed by atoms with E-state index in [1.165, 1.54) is 29.8 Å². The second kappa shape index (κ2) is 9.44. The van der Waals surface area contributed by atoms with Crippen LogP contribution in [0.4, 0.5) is 18.9 Å². The Labute approximate surface area is 180 Å². The van der Waals surface area contributed by atoms with Crippen molar-refractivity contribution in [2.24, 2.45) is 0 Å². The summed E-state index contributed by atoms with van der Waals surface area (Å²) in [5.74, 6) is -1.08. The molecule has 31 heavy (non-hydrogen) atoms. The molecule has 1 amide bonds. The first-order valence-corrected chi connectivity index (χ1v) is 9.98. The number of alkyl halides is 3. The number of benzene rings is 2. The van der Waals surface area contributed by atoms with Crippen molar-refractivity contribution >= 4 is 29.3 Å². The standard InChI is InChI=1S/C21H19F3N2O4S/c1-30-20(29)17-12-26(9-10-27)19(28)18(17)25-14-5-7-15(8-6-14)31-16-4-2-3-13(11-16)21(22,23)24/h2-8,11,25,27H,9-10,12H2,1H3. The van der Waals surface area contributed by atoms with Crippen LogP contribution >= 0.6 is 11.8 Å². The highest BCUT2D eigenvalue weighted by molar-refractivity contribution is 7.99. The molecule has 0 aliphatic carbocycles. The van der Waals surface area contributed by atoms with Crippen molar-refractivity contribution in [3.8, 4) is 0 Å². The summed E-state index contributed by atoms with van der Waals surface area (Å²) in [6, 6.07) is 11.7. The molecule has 2 aromatic carbocycles. The molecule has 3 rings (SSSR count). The maximum Gasteiger partial charge on any atom is 0.416 e. The second-order valence-corrected chi connectivity index (χ2v) is 7.72. The van der Waals surface area contributed by atoms with E-state index in [1.807, 2.05) is 0 Å². The first-order chi connectivity index (χ1) is 14.7. The lowest BCUT2D eigenvalue weighted by Gasteiger charge is -2.15. The monoisotopic (exact) mass is 452 g/mol. The second-order valence-electron chi connectivity index (χ2n) is 6.57. The van der Waals surface area contributed by atoms with Gasteiger partial charge in [-0.15, -0.1) is 0 Å². The number of aliphatic hydroxyl groups is 1. The van der Waals surface area contributed by atoms with Crippen molar-refractivity contribution in [1.82, 2.24) is 4.90 Å². The van der Waals surface area contributed by atoms with Crippen molar-refractivity contribution in [3.63, 3.8) is 0 Å². The molecule has 164 valence electrons. The lowest BCUT2D eigenvalue weighted by molar-refractivity contribution is -0.138. The highest BCUT2D eigenvalue weighted by Gasteiger charge is 2.34. The van der Waals surface area contributed by atoms with Crippen LogP contribution < -0.4 is 5.32 Å². The molecule has 0 unspecified atom stereocenters. The number of aliphatic hydroxyl groups excluding tert-OH is 1. The normalized spacial score (nSPS) is 14.2. The number of methoxy groups -OCH3 is 1. The van der Waals surface area contributed by atoms with Gasteiger partial charge in [0.05, 0.1) is 31.4 Å². The zero-order valence-electron chi connectivity index (χ0n) is 16.4. The van der Waals surface area contributed by atoms with E-state index in [0.717, 1.165) is 12.1 Å². The first-order valence-electron chi connectivity index (χ1n) is 9.16. The van der Waals surface area contributed by atoms with Gasteiger partial charge < -0.3 is 20.1 Å². The van der Waals surface area contributed by atoms with Crippen LogP contribution in [0, 0.1) is 0 Å². The SMILES string of the molecule is COC(=O)C1=C(Nc2ccc(Sc3cccc(C(F)(F)F)c3)cc2)C(=O)N(CCO)C1. The van der Waals surface area contributed by atoms with Crippen molar-refractivity contribution in [2.75, 3.05) is 32.1 Å². The summed E-state index contributed by atoms with van der Waals surface area (Å²) in [6.07, 6.45) is -4.41. The van der Waals surface area contributed by atoms with Gasteiger partial charge in [0.2, 0.25) is 0 Å². The van der Waals surface area contributed by atoms with E-state index >= 15 is 0 Å². The maximum atomic E-state index is 12.9. The Morgan fingerprint density at radius 2 is 1.90 bits per heavy atom. The Bertz CT molecular complexity index is 1010. The van der Waals surface area contributed by atoms with Crippen LogP contribution in [0.3, 0.4) is 0 Å². The van der Waals surface area contributed by atoms with Gasteiger partial charge >= 0.3 is 12.1 Å². The van der Waals surface area contributed by atoms with Crippen LogP contribution in [0.25, 0.3) is 0 Å². The molecule has 2 aromatic rings. The third kappa shape index (κ3) is 5.39. The summed E-state index contributed by atoms with van der Waals surface area (Å²) >= 11 is 1.17. The predicted octanol–water partition coefficient (Wildman–Crippen LogP) is 3.53. The van der Waals surface area contributed by atoms with Crippen molar-refractivity contribution in [1.29, 1.82) is 0 Å². The maximum absolute atomic E-state index is 12.9. The minimum Gasteiger partial charge on any atom is -0.466 e. The third-order valence-corrected chi connectivity index (χ3v) is 5.47. The Hall–Kier alpha value is -2.98. The van der Waals surface area contributed by atoms with E-state index < -0.39 is 23.6 Å². The smallest absolute Gasteiger partial charge is 0.416 e. The van der Waals surface area contributed by atoms with Crippen LogP contribution in [0.5, 0.6) is 0 Å². The van der Waals surface area contributed by atoms with Gasteiger partial charge in [0, 0.05) is 22.0 Å². The van der Waals surface area contributed by atoms with Gasteiger partial charge in [-0.3, -0.25) is 4.79 Å². The fraction of sp³-hybridized carbons (Fsp3) is 0.238. The molecule has 0 fully saturated rings. The molecule has 0 bridgehead atoms. The number of carbonyl (C=O) groups is 2. The Morgan fingerprint density at radius 3 is 2.52 bits per heavy atom. The number of amides is 1. The number of hydrogen-bond donors (Lipinski definition) is 2.